The third-order valence-corrected chi connectivity index (χ3v) is 5.39. The molecule has 1 N–H and O–H groups in total. The first-order valence-corrected chi connectivity index (χ1v) is 9.48. The van der Waals surface area contributed by atoms with Gasteiger partial charge >= 0.3 is 0 Å². The van der Waals surface area contributed by atoms with E-state index in [0.717, 1.165) is 11.8 Å². The molecule has 1 aliphatic carbocycles. The molecule has 0 aromatic carbocycles. The summed E-state index contributed by atoms with van der Waals surface area (Å²) in [6.07, 6.45) is 8.38. The van der Waals surface area contributed by atoms with Crippen molar-refractivity contribution in [2.75, 3.05) is 32.7 Å². The fourth-order valence-electron chi connectivity index (χ4n) is 3.83. The van der Waals surface area contributed by atoms with Gasteiger partial charge in [-0.2, -0.15) is 0 Å². The van der Waals surface area contributed by atoms with E-state index in [1.54, 1.807) is 0 Å². The standard InChI is InChI=1S/C19H40N2/c1-6-18(7-2)14-21(8-3)16-19(11-9-10-12-19)15-20-13-17(4)5/h17-18,20H,6-16H2,1-5H3. The molecular weight excluding hydrogens is 256 g/mol. The quantitative estimate of drug-likeness (QED) is 0.601. The summed E-state index contributed by atoms with van der Waals surface area (Å²) in [5.41, 5.74) is 0.553. The van der Waals surface area contributed by atoms with Crippen LogP contribution in [0.3, 0.4) is 0 Å². The zero-order chi connectivity index (χ0) is 15.7. The molecule has 2 nitrogen and oxygen atoms in total. The fourth-order valence-corrected chi connectivity index (χ4v) is 3.83. The topological polar surface area (TPSA) is 15.3 Å². The van der Waals surface area contributed by atoms with Gasteiger partial charge in [0, 0.05) is 19.6 Å². The third-order valence-electron chi connectivity index (χ3n) is 5.39. The molecule has 1 fully saturated rings. The molecule has 0 amide bonds. The molecule has 0 aliphatic heterocycles. The van der Waals surface area contributed by atoms with E-state index >= 15 is 0 Å². The lowest BCUT2D eigenvalue weighted by molar-refractivity contribution is 0.133. The number of nitrogens with one attached hydrogen (secondary N) is 1. The summed E-state index contributed by atoms with van der Waals surface area (Å²) in [6, 6.07) is 0. The number of hydrogen-bond donors (Lipinski definition) is 1. The normalized spacial score (nSPS) is 18.3. The molecule has 0 saturated heterocycles. The Morgan fingerprint density at radius 2 is 1.67 bits per heavy atom. The summed E-state index contributed by atoms with van der Waals surface area (Å²) in [5.74, 6) is 1.64. The molecule has 1 saturated carbocycles. The third kappa shape index (κ3) is 6.69. The highest BCUT2D eigenvalue weighted by Gasteiger charge is 2.35. The Kier molecular flexibility index (Phi) is 8.89. The maximum atomic E-state index is 3.75. The SMILES string of the molecule is CCC(CC)CN(CC)CC1(CNCC(C)C)CCCC1. The van der Waals surface area contributed by atoms with Gasteiger partial charge in [0.2, 0.25) is 0 Å². The molecule has 2 heteroatoms. The summed E-state index contributed by atoms with van der Waals surface area (Å²) in [4.78, 5) is 2.74. The molecule has 0 radical (unpaired) electrons. The smallest absolute Gasteiger partial charge is 0.00501 e. The molecule has 0 aromatic rings. The van der Waals surface area contributed by atoms with Crippen LogP contribution in [-0.4, -0.2) is 37.6 Å². The van der Waals surface area contributed by atoms with Gasteiger partial charge < -0.3 is 10.2 Å². The summed E-state index contributed by atoms with van der Waals surface area (Å²) in [7, 11) is 0. The predicted molar refractivity (Wildman–Crippen MR) is 94.8 cm³/mol. The highest BCUT2D eigenvalue weighted by Crippen LogP contribution is 2.38. The first kappa shape index (κ1) is 19.0. The molecule has 0 bridgehead atoms. The van der Waals surface area contributed by atoms with Crippen molar-refractivity contribution in [3.8, 4) is 0 Å². The molecule has 0 aromatic heterocycles. The second-order valence-electron chi connectivity index (χ2n) is 7.74. The second-order valence-corrected chi connectivity index (χ2v) is 7.74. The summed E-state index contributed by atoms with van der Waals surface area (Å²) in [6.45, 7) is 17.9. The lowest BCUT2D eigenvalue weighted by Gasteiger charge is -2.37. The second kappa shape index (κ2) is 9.84. The van der Waals surface area contributed by atoms with Crippen LogP contribution in [0.1, 0.15) is 73.1 Å². The van der Waals surface area contributed by atoms with Gasteiger partial charge in [0.05, 0.1) is 0 Å². The Labute approximate surface area is 134 Å². The summed E-state index contributed by atoms with van der Waals surface area (Å²) in [5, 5.41) is 3.75. The average Bonchev–Trinajstić information content (AvgIpc) is 2.91. The zero-order valence-corrected chi connectivity index (χ0v) is 15.4. The van der Waals surface area contributed by atoms with Crippen LogP contribution in [0.4, 0.5) is 0 Å². The van der Waals surface area contributed by atoms with Gasteiger partial charge in [0.1, 0.15) is 0 Å². The van der Waals surface area contributed by atoms with Gasteiger partial charge in [-0.1, -0.05) is 60.3 Å². The van der Waals surface area contributed by atoms with E-state index in [0.29, 0.717) is 5.41 Å². The van der Waals surface area contributed by atoms with Crippen LogP contribution >= 0.6 is 0 Å². The van der Waals surface area contributed by atoms with E-state index in [4.69, 9.17) is 0 Å². The van der Waals surface area contributed by atoms with Crippen LogP contribution in [0.15, 0.2) is 0 Å². The maximum Gasteiger partial charge on any atom is 0.00501 e. The van der Waals surface area contributed by atoms with Crippen LogP contribution in [0.5, 0.6) is 0 Å². The molecule has 0 spiro atoms. The van der Waals surface area contributed by atoms with E-state index in [-0.39, 0.29) is 0 Å². The van der Waals surface area contributed by atoms with Crippen molar-refractivity contribution in [1.82, 2.24) is 10.2 Å². The van der Waals surface area contributed by atoms with E-state index < -0.39 is 0 Å². The van der Waals surface area contributed by atoms with Crippen molar-refractivity contribution in [3.05, 3.63) is 0 Å². The Hall–Kier alpha value is -0.0800. The van der Waals surface area contributed by atoms with Crippen molar-refractivity contribution in [2.45, 2.75) is 73.1 Å². The number of nitrogens with zero attached hydrogens (tertiary/aromatic N) is 1. The average molecular weight is 297 g/mol. The molecule has 0 unspecified atom stereocenters. The Morgan fingerprint density at radius 3 is 2.14 bits per heavy atom. The van der Waals surface area contributed by atoms with Crippen molar-refractivity contribution in [3.63, 3.8) is 0 Å². The predicted octanol–water partition coefficient (Wildman–Crippen LogP) is 4.55. The Balaban J connectivity index is 2.54. The number of rotatable bonds is 11. The van der Waals surface area contributed by atoms with Crippen LogP contribution in [0.25, 0.3) is 0 Å². The minimum Gasteiger partial charge on any atom is -0.316 e. The molecule has 126 valence electrons. The lowest BCUT2D eigenvalue weighted by Crippen LogP contribution is -2.44. The zero-order valence-electron chi connectivity index (χ0n) is 15.4. The molecule has 1 rings (SSSR count). The van der Waals surface area contributed by atoms with Gasteiger partial charge in [0.25, 0.3) is 0 Å². The molecule has 0 atom stereocenters. The molecule has 21 heavy (non-hydrogen) atoms. The van der Waals surface area contributed by atoms with Gasteiger partial charge in [0.15, 0.2) is 0 Å². The minimum absolute atomic E-state index is 0.553. The molecule has 1 aliphatic rings. The lowest BCUT2D eigenvalue weighted by atomic mass is 9.84. The fraction of sp³-hybridized carbons (Fsp3) is 1.00. The van der Waals surface area contributed by atoms with Gasteiger partial charge in [-0.25, -0.2) is 0 Å². The highest BCUT2D eigenvalue weighted by atomic mass is 15.1. The van der Waals surface area contributed by atoms with E-state index in [2.05, 4.69) is 44.8 Å². The largest absolute Gasteiger partial charge is 0.316 e. The summed E-state index contributed by atoms with van der Waals surface area (Å²) >= 11 is 0. The molecule has 0 heterocycles. The van der Waals surface area contributed by atoms with Crippen molar-refractivity contribution in [1.29, 1.82) is 0 Å². The highest BCUT2D eigenvalue weighted by molar-refractivity contribution is 4.89. The monoisotopic (exact) mass is 296 g/mol. The van der Waals surface area contributed by atoms with Gasteiger partial charge in [-0.15, -0.1) is 0 Å². The van der Waals surface area contributed by atoms with E-state index in [1.165, 1.54) is 71.2 Å². The van der Waals surface area contributed by atoms with Crippen molar-refractivity contribution < 1.29 is 0 Å². The summed E-state index contributed by atoms with van der Waals surface area (Å²) < 4.78 is 0. The van der Waals surface area contributed by atoms with Crippen LogP contribution in [0, 0.1) is 17.3 Å². The van der Waals surface area contributed by atoms with Gasteiger partial charge in [-0.05, 0) is 43.2 Å². The molecular formula is C19H40N2. The Morgan fingerprint density at radius 1 is 1.05 bits per heavy atom. The number of hydrogen-bond acceptors (Lipinski definition) is 2. The van der Waals surface area contributed by atoms with Crippen molar-refractivity contribution >= 4 is 0 Å². The van der Waals surface area contributed by atoms with E-state index in [1.807, 2.05) is 0 Å². The van der Waals surface area contributed by atoms with Crippen LogP contribution < -0.4 is 5.32 Å². The van der Waals surface area contributed by atoms with Crippen molar-refractivity contribution in [2.24, 2.45) is 17.3 Å². The van der Waals surface area contributed by atoms with Gasteiger partial charge in [-0.3, -0.25) is 0 Å². The maximum absolute atomic E-state index is 3.75. The van der Waals surface area contributed by atoms with Crippen LogP contribution in [-0.2, 0) is 0 Å². The van der Waals surface area contributed by atoms with Crippen LogP contribution in [0.2, 0.25) is 0 Å². The minimum atomic E-state index is 0.553. The first-order valence-electron chi connectivity index (χ1n) is 9.48. The van der Waals surface area contributed by atoms with E-state index in [9.17, 15) is 0 Å². The Bertz CT molecular complexity index is 252. The first-order chi connectivity index (χ1) is 10.0.